The molecule has 0 saturated carbocycles. The van der Waals surface area contributed by atoms with Gasteiger partial charge in [-0.15, -0.1) is 0 Å². The molecule has 0 fully saturated rings. The van der Waals surface area contributed by atoms with Crippen LogP contribution < -0.4 is 16.2 Å². The zero-order chi connectivity index (χ0) is 16.4. The Hall–Kier alpha value is -2.04. The SMILES string of the molecule is CCCCC(CC)CNC(=O)NNC(=O)c1ccc(C)cc1. The van der Waals surface area contributed by atoms with Crippen LogP contribution in [-0.2, 0) is 0 Å². The van der Waals surface area contributed by atoms with Crippen molar-refractivity contribution in [3.8, 4) is 0 Å². The number of hydrazine groups is 1. The largest absolute Gasteiger partial charge is 0.336 e. The summed E-state index contributed by atoms with van der Waals surface area (Å²) in [5.74, 6) is 0.159. The molecule has 0 heterocycles. The summed E-state index contributed by atoms with van der Waals surface area (Å²) in [6.45, 7) is 6.87. The first-order chi connectivity index (χ1) is 10.6. The van der Waals surface area contributed by atoms with Crippen LogP contribution in [0.5, 0.6) is 0 Å². The van der Waals surface area contributed by atoms with Crippen LogP contribution in [0, 0.1) is 12.8 Å². The quantitative estimate of drug-likeness (QED) is 0.677. The number of hydrogen-bond acceptors (Lipinski definition) is 2. The van der Waals surface area contributed by atoms with Crippen LogP contribution in [0.2, 0.25) is 0 Å². The van der Waals surface area contributed by atoms with Crippen molar-refractivity contribution in [2.75, 3.05) is 6.54 Å². The molecule has 22 heavy (non-hydrogen) atoms. The van der Waals surface area contributed by atoms with Crippen LogP contribution in [0.25, 0.3) is 0 Å². The molecule has 1 aromatic carbocycles. The van der Waals surface area contributed by atoms with Gasteiger partial charge in [0.1, 0.15) is 0 Å². The molecule has 0 saturated heterocycles. The van der Waals surface area contributed by atoms with Crippen molar-refractivity contribution in [2.24, 2.45) is 5.92 Å². The van der Waals surface area contributed by atoms with Crippen LogP contribution in [0.1, 0.15) is 55.5 Å². The van der Waals surface area contributed by atoms with E-state index in [0.29, 0.717) is 18.0 Å². The molecule has 5 heteroatoms. The number of rotatable bonds is 7. The minimum absolute atomic E-state index is 0.326. The highest BCUT2D eigenvalue weighted by atomic mass is 16.2. The van der Waals surface area contributed by atoms with Crippen LogP contribution in [0.4, 0.5) is 4.79 Å². The molecule has 1 atom stereocenters. The van der Waals surface area contributed by atoms with Crippen molar-refractivity contribution < 1.29 is 9.59 Å². The fraction of sp³-hybridized carbons (Fsp3) is 0.529. The maximum Gasteiger partial charge on any atom is 0.333 e. The minimum Gasteiger partial charge on any atom is -0.336 e. The smallest absolute Gasteiger partial charge is 0.333 e. The van der Waals surface area contributed by atoms with Gasteiger partial charge in [-0.05, 0) is 31.4 Å². The number of benzene rings is 1. The molecule has 0 radical (unpaired) electrons. The van der Waals surface area contributed by atoms with Crippen molar-refractivity contribution in [3.05, 3.63) is 35.4 Å². The lowest BCUT2D eigenvalue weighted by molar-refractivity contribution is 0.0936. The second-order valence-electron chi connectivity index (χ2n) is 5.57. The molecule has 0 aliphatic rings. The summed E-state index contributed by atoms with van der Waals surface area (Å²) < 4.78 is 0. The van der Waals surface area contributed by atoms with Crippen molar-refractivity contribution in [1.82, 2.24) is 16.2 Å². The Bertz CT molecular complexity index is 471. The normalized spacial score (nSPS) is 11.6. The zero-order valence-electron chi connectivity index (χ0n) is 13.7. The first-order valence-electron chi connectivity index (χ1n) is 7.97. The van der Waals surface area contributed by atoms with E-state index in [4.69, 9.17) is 0 Å². The van der Waals surface area contributed by atoms with Gasteiger partial charge in [-0.1, -0.05) is 50.8 Å². The summed E-state index contributed by atoms with van der Waals surface area (Å²) in [4.78, 5) is 23.5. The van der Waals surface area contributed by atoms with E-state index in [1.54, 1.807) is 12.1 Å². The van der Waals surface area contributed by atoms with Crippen LogP contribution >= 0.6 is 0 Å². The van der Waals surface area contributed by atoms with Gasteiger partial charge in [0, 0.05) is 12.1 Å². The van der Waals surface area contributed by atoms with Crippen molar-refractivity contribution in [1.29, 1.82) is 0 Å². The van der Waals surface area contributed by atoms with Gasteiger partial charge >= 0.3 is 6.03 Å². The summed E-state index contributed by atoms with van der Waals surface area (Å²) in [6, 6.07) is 6.78. The molecule has 122 valence electrons. The van der Waals surface area contributed by atoms with Gasteiger partial charge in [0.05, 0.1) is 0 Å². The van der Waals surface area contributed by atoms with E-state index in [9.17, 15) is 9.59 Å². The number of carbonyl (C=O) groups excluding carboxylic acids is 2. The van der Waals surface area contributed by atoms with E-state index in [-0.39, 0.29) is 11.9 Å². The van der Waals surface area contributed by atoms with Gasteiger partial charge < -0.3 is 5.32 Å². The van der Waals surface area contributed by atoms with E-state index in [0.717, 1.165) is 24.8 Å². The van der Waals surface area contributed by atoms with Crippen LogP contribution in [0.3, 0.4) is 0 Å². The summed E-state index contributed by atoms with van der Waals surface area (Å²) in [7, 11) is 0. The Morgan fingerprint density at radius 2 is 1.77 bits per heavy atom. The van der Waals surface area contributed by atoms with Gasteiger partial charge in [-0.2, -0.15) is 0 Å². The lowest BCUT2D eigenvalue weighted by Crippen LogP contribution is -2.47. The molecular weight excluding hydrogens is 278 g/mol. The Morgan fingerprint density at radius 1 is 1.09 bits per heavy atom. The molecule has 5 nitrogen and oxygen atoms in total. The van der Waals surface area contributed by atoms with Crippen molar-refractivity contribution >= 4 is 11.9 Å². The Kier molecular flexibility index (Phi) is 8.04. The maximum atomic E-state index is 11.8. The standard InChI is InChI=1S/C17H27N3O2/c1-4-6-7-14(5-2)12-18-17(22)20-19-16(21)15-10-8-13(3)9-11-15/h8-11,14H,4-7,12H2,1-3H3,(H,19,21)(H2,18,20,22). The first kappa shape index (κ1) is 18.0. The molecule has 3 N–H and O–H groups in total. The van der Waals surface area contributed by atoms with E-state index < -0.39 is 0 Å². The van der Waals surface area contributed by atoms with E-state index in [1.165, 1.54) is 6.42 Å². The lowest BCUT2D eigenvalue weighted by Gasteiger charge is -2.15. The number of nitrogens with one attached hydrogen (secondary N) is 3. The highest BCUT2D eigenvalue weighted by Crippen LogP contribution is 2.10. The van der Waals surface area contributed by atoms with Gasteiger partial charge in [0.25, 0.3) is 5.91 Å². The molecule has 1 rings (SSSR count). The molecule has 3 amide bonds. The average Bonchev–Trinajstić information content (AvgIpc) is 2.53. The molecule has 0 spiro atoms. The Balaban J connectivity index is 2.30. The van der Waals surface area contributed by atoms with Crippen LogP contribution in [-0.4, -0.2) is 18.5 Å². The second kappa shape index (κ2) is 9.82. The lowest BCUT2D eigenvalue weighted by atomic mass is 9.99. The van der Waals surface area contributed by atoms with Gasteiger partial charge in [0.2, 0.25) is 0 Å². The summed E-state index contributed by atoms with van der Waals surface area (Å²) >= 11 is 0. The van der Waals surface area contributed by atoms with Crippen LogP contribution in [0.15, 0.2) is 24.3 Å². The molecule has 1 aromatic rings. The van der Waals surface area contributed by atoms with E-state index in [2.05, 4.69) is 30.0 Å². The van der Waals surface area contributed by atoms with E-state index in [1.807, 2.05) is 19.1 Å². The third-order valence-corrected chi connectivity index (χ3v) is 3.70. The highest BCUT2D eigenvalue weighted by molar-refractivity contribution is 5.95. The fourth-order valence-corrected chi connectivity index (χ4v) is 2.12. The van der Waals surface area contributed by atoms with Gasteiger partial charge in [-0.25, -0.2) is 10.2 Å². The molecule has 0 aromatic heterocycles. The fourth-order valence-electron chi connectivity index (χ4n) is 2.12. The number of unbranched alkanes of at least 4 members (excludes halogenated alkanes) is 1. The molecule has 1 unspecified atom stereocenters. The Morgan fingerprint density at radius 3 is 2.36 bits per heavy atom. The summed E-state index contributed by atoms with van der Waals surface area (Å²) in [6.07, 6.45) is 4.49. The highest BCUT2D eigenvalue weighted by Gasteiger charge is 2.09. The predicted octanol–water partition coefficient (Wildman–Crippen LogP) is 3.16. The minimum atomic E-state index is -0.379. The molecule has 0 bridgehead atoms. The number of carbonyl (C=O) groups is 2. The number of urea groups is 1. The third kappa shape index (κ3) is 6.61. The predicted molar refractivity (Wildman–Crippen MR) is 88.5 cm³/mol. The van der Waals surface area contributed by atoms with Gasteiger partial charge in [0.15, 0.2) is 0 Å². The molecular formula is C17H27N3O2. The first-order valence-corrected chi connectivity index (χ1v) is 7.97. The zero-order valence-corrected chi connectivity index (χ0v) is 13.7. The van der Waals surface area contributed by atoms with E-state index >= 15 is 0 Å². The maximum absolute atomic E-state index is 11.8. The van der Waals surface area contributed by atoms with Crippen molar-refractivity contribution in [3.63, 3.8) is 0 Å². The second-order valence-corrected chi connectivity index (χ2v) is 5.57. The average molecular weight is 305 g/mol. The number of aryl methyl sites for hydroxylation is 1. The Labute approximate surface area is 132 Å². The van der Waals surface area contributed by atoms with Gasteiger partial charge in [-0.3, -0.25) is 10.2 Å². The number of hydrogen-bond donors (Lipinski definition) is 3. The molecule has 0 aliphatic heterocycles. The number of amides is 3. The topological polar surface area (TPSA) is 70.2 Å². The monoisotopic (exact) mass is 305 g/mol. The summed E-state index contributed by atoms with van der Waals surface area (Å²) in [5, 5.41) is 2.79. The van der Waals surface area contributed by atoms with Crippen molar-refractivity contribution in [2.45, 2.75) is 46.5 Å². The third-order valence-electron chi connectivity index (χ3n) is 3.70. The summed E-state index contributed by atoms with van der Waals surface area (Å²) in [5.41, 5.74) is 6.38. The molecule has 0 aliphatic carbocycles.